The number of hydrogen-bond acceptors (Lipinski definition) is 8. The van der Waals surface area contributed by atoms with Crippen molar-refractivity contribution < 1.29 is 34.2 Å². The number of amides is 3. The lowest BCUT2D eigenvalue weighted by atomic mass is 10.1. The molecule has 0 aliphatic carbocycles. The van der Waals surface area contributed by atoms with E-state index in [-0.39, 0.29) is 12.2 Å². The molecule has 1 fully saturated rings. The summed E-state index contributed by atoms with van der Waals surface area (Å²) in [4.78, 5) is 59.8. The molecule has 1 aliphatic heterocycles. The third-order valence-electron chi connectivity index (χ3n) is 4.77. The van der Waals surface area contributed by atoms with Gasteiger partial charge in [0, 0.05) is 5.75 Å². The number of hydrogen-bond donors (Lipinski definition) is 8. The molecule has 0 aromatic carbocycles. The van der Waals surface area contributed by atoms with Gasteiger partial charge < -0.3 is 37.2 Å². The summed E-state index contributed by atoms with van der Waals surface area (Å²) in [5, 5.41) is 28.4. The number of carboxylic acid groups (broad SMARTS) is 2. The summed E-state index contributed by atoms with van der Waals surface area (Å²) in [6.45, 7) is 1.04. The third-order valence-corrected chi connectivity index (χ3v) is 5.13. The summed E-state index contributed by atoms with van der Waals surface area (Å²) in [6, 6.07) is -4.30. The minimum absolute atomic E-state index is 0.162. The molecule has 0 bridgehead atoms. The molecule has 0 spiro atoms. The Morgan fingerprint density at radius 3 is 2.16 bits per heavy atom. The van der Waals surface area contributed by atoms with Gasteiger partial charge in [0.2, 0.25) is 17.7 Å². The van der Waals surface area contributed by atoms with E-state index in [0.29, 0.717) is 32.4 Å². The Balaban J connectivity index is 2.75. The van der Waals surface area contributed by atoms with Crippen LogP contribution in [0.4, 0.5) is 0 Å². The number of carbonyl (C=O) groups is 5. The molecule has 12 nitrogen and oxygen atoms in total. The average Bonchev–Trinajstić information content (AvgIpc) is 3.25. The van der Waals surface area contributed by atoms with Gasteiger partial charge in [0.05, 0.1) is 12.5 Å². The van der Waals surface area contributed by atoms with Gasteiger partial charge in [0.1, 0.15) is 18.1 Å². The van der Waals surface area contributed by atoms with Crippen molar-refractivity contribution in [2.24, 2.45) is 5.73 Å². The fraction of sp³-hybridized carbons (Fsp3) is 0.722. The second-order valence-electron chi connectivity index (χ2n) is 7.24. The predicted octanol–water partition coefficient (Wildman–Crippen LogP) is -2.19. The summed E-state index contributed by atoms with van der Waals surface area (Å²) in [5.74, 6) is -4.85. The van der Waals surface area contributed by atoms with E-state index in [1.807, 2.05) is 0 Å². The van der Waals surface area contributed by atoms with Crippen LogP contribution in [-0.4, -0.2) is 82.9 Å². The highest BCUT2D eigenvalue weighted by Crippen LogP contribution is 2.07. The van der Waals surface area contributed by atoms with E-state index in [2.05, 4.69) is 33.9 Å². The number of carbonyl (C=O) groups excluding carboxylic acids is 3. The van der Waals surface area contributed by atoms with E-state index in [1.165, 1.54) is 0 Å². The molecule has 1 saturated heterocycles. The number of nitrogens with two attached hydrogens (primary N) is 1. The first-order chi connectivity index (χ1) is 14.7. The van der Waals surface area contributed by atoms with Gasteiger partial charge in [-0.15, -0.1) is 0 Å². The largest absolute Gasteiger partial charge is 0.481 e. The first kappa shape index (κ1) is 26.7. The van der Waals surface area contributed by atoms with Crippen LogP contribution >= 0.6 is 12.6 Å². The maximum Gasteiger partial charge on any atom is 0.326 e. The molecule has 1 aliphatic rings. The number of carboxylic acids is 2. The van der Waals surface area contributed by atoms with Crippen molar-refractivity contribution in [2.75, 3.05) is 18.8 Å². The standard InChI is InChI=1S/C18H31N5O7S/c19-6-2-1-4-11(18(29)30)21-17(28)13(9-31)23-16(27)12(8-14(24)25)22-15(26)10-5-3-7-20-10/h10-13,20,31H,1-9,19H2,(H,21,28)(H,22,26)(H,23,27)(H,24,25)(H,29,30). The van der Waals surface area contributed by atoms with Crippen LogP contribution in [0.5, 0.6) is 0 Å². The summed E-state index contributed by atoms with van der Waals surface area (Å²) >= 11 is 4.02. The Bertz CT molecular complexity index is 657. The van der Waals surface area contributed by atoms with Crippen LogP contribution in [0.15, 0.2) is 0 Å². The van der Waals surface area contributed by atoms with Gasteiger partial charge in [-0.05, 0) is 45.2 Å². The van der Waals surface area contributed by atoms with Gasteiger partial charge in [-0.25, -0.2) is 4.79 Å². The van der Waals surface area contributed by atoms with E-state index in [9.17, 15) is 29.1 Å². The van der Waals surface area contributed by atoms with Crippen molar-refractivity contribution in [3.8, 4) is 0 Å². The monoisotopic (exact) mass is 461 g/mol. The zero-order valence-electron chi connectivity index (χ0n) is 17.1. The lowest BCUT2D eigenvalue weighted by Crippen LogP contribution is -2.58. The van der Waals surface area contributed by atoms with Gasteiger partial charge in [0.15, 0.2) is 0 Å². The Kier molecular flexibility index (Phi) is 11.9. The average molecular weight is 462 g/mol. The zero-order valence-corrected chi connectivity index (χ0v) is 18.0. The lowest BCUT2D eigenvalue weighted by molar-refractivity contribution is -0.143. The molecule has 4 atom stereocenters. The van der Waals surface area contributed by atoms with Gasteiger partial charge in [0.25, 0.3) is 0 Å². The van der Waals surface area contributed by atoms with Crippen molar-refractivity contribution in [1.82, 2.24) is 21.3 Å². The zero-order chi connectivity index (χ0) is 23.4. The first-order valence-corrected chi connectivity index (χ1v) is 10.7. The van der Waals surface area contributed by atoms with Gasteiger partial charge in [-0.2, -0.15) is 12.6 Å². The van der Waals surface area contributed by atoms with Crippen LogP contribution in [0, 0.1) is 0 Å². The normalized spacial score (nSPS) is 18.5. The molecule has 8 N–H and O–H groups in total. The van der Waals surface area contributed by atoms with Crippen LogP contribution in [0.25, 0.3) is 0 Å². The number of thiol groups is 1. The second kappa shape index (κ2) is 13.8. The Labute approximate surface area is 185 Å². The molecule has 3 amide bonds. The van der Waals surface area contributed by atoms with E-state index >= 15 is 0 Å². The molecular weight excluding hydrogens is 430 g/mol. The molecule has 176 valence electrons. The quantitative estimate of drug-likeness (QED) is 0.104. The third kappa shape index (κ3) is 9.53. The molecule has 1 heterocycles. The second-order valence-corrected chi connectivity index (χ2v) is 7.60. The van der Waals surface area contributed by atoms with Crippen LogP contribution in [-0.2, 0) is 24.0 Å². The molecule has 0 aromatic rings. The highest BCUT2D eigenvalue weighted by molar-refractivity contribution is 7.80. The van der Waals surface area contributed by atoms with Gasteiger partial charge in [-0.1, -0.05) is 0 Å². The fourth-order valence-corrected chi connectivity index (χ4v) is 3.31. The lowest BCUT2D eigenvalue weighted by Gasteiger charge is -2.23. The highest BCUT2D eigenvalue weighted by Gasteiger charge is 2.32. The van der Waals surface area contributed by atoms with Crippen molar-refractivity contribution in [3.05, 3.63) is 0 Å². The number of unbranched alkanes of at least 4 members (excludes halogenated alkanes) is 1. The molecule has 0 aromatic heterocycles. The fourth-order valence-electron chi connectivity index (χ4n) is 3.05. The van der Waals surface area contributed by atoms with Crippen LogP contribution in [0.3, 0.4) is 0 Å². The molecule has 31 heavy (non-hydrogen) atoms. The van der Waals surface area contributed by atoms with Crippen LogP contribution in [0.1, 0.15) is 38.5 Å². The highest BCUT2D eigenvalue weighted by atomic mass is 32.1. The molecule has 4 unspecified atom stereocenters. The van der Waals surface area contributed by atoms with Crippen LogP contribution in [0.2, 0.25) is 0 Å². The van der Waals surface area contributed by atoms with E-state index in [4.69, 9.17) is 10.8 Å². The predicted molar refractivity (Wildman–Crippen MR) is 113 cm³/mol. The van der Waals surface area contributed by atoms with Gasteiger partial charge in [-0.3, -0.25) is 19.2 Å². The molecule has 0 saturated carbocycles. The minimum atomic E-state index is -1.40. The van der Waals surface area contributed by atoms with Crippen molar-refractivity contribution in [3.63, 3.8) is 0 Å². The molecule has 13 heteroatoms. The molecule has 1 rings (SSSR count). The smallest absolute Gasteiger partial charge is 0.326 e. The summed E-state index contributed by atoms with van der Waals surface area (Å²) < 4.78 is 0. The molecule has 0 radical (unpaired) electrons. The summed E-state index contributed by atoms with van der Waals surface area (Å²) in [6.07, 6.45) is 1.92. The van der Waals surface area contributed by atoms with Gasteiger partial charge >= 0.3 is 11.9 Å². The topological polar surface area (TPSA) is 200 Å². The minimum Gasteiger partial charge on any atom is -0.481 e. The van der Waals surface area contributed by atoms with Crippen molar-refractivity contribution >= 4 is 42.3 Å². The molecular formula is C18H31N5O7S. The first-order valence-electron chi connectivity index (χ1n) is 10.1. The SMILES string of the molecule is NCCCCC(NC(=O)C(CS)NC(=O)C(CC(=O)O)NC(=O)C1CCCN1)C(=O)O. The Morgan fingerprint density at radius 1 is 1.00 bits per heavy atom. The van der Waals surface area contributed by atoms with E-state index in [0.717, 1.165) is 6.42 Å². The Hall–Kier alpha value is -2.38. The van der Waals surface area contributed by atoms with Crippen LogP contribution < -0.4 is 27.0 Å². The number of aliphatic carboxylic acids is 2. The van der Waals surface area contributed by atoms with Crippen molar-refractivity contribution in [2.45, 2.75) is 62.7 Å². The Morgan fingerprint density at radius 2 is 1.65 bits per heavy atom. The number of nitrogens with one attached hydrogen (secondary N) is 4. The maximum absolute atomic E-state index is 12.6. The summed E-state index contributed by atoms with van der Waals surface area (Å²) in [5.41, 5.74) is 5.39. The van der Waals surface area contributed by atoms with E-state index in [1.54, 1.807) is 0 Å². The number of rotatable bonds is 14. The summed E-state index contributed by atoms with van der Waals surface area (Å²) in [7, 11) is 0. The maximum atomic E-state index is 12.6. The van der Waals surface area contributed by atoms with Crippen molar-refractivity contribution in [1.29, 1.82) is 0 Å². The van der Waals surface area contributed by atoms with E-state index < -0.39 is 60.2 Å².